The van der Waals surface area contributed by atoms with Gasteiger partial charge in [-0.3, -0.25) is 9.59 Å². The molecule has 0 aliphatic heterocycles. The summed E-state index contributed by atoms with van der Waals surface area (Å²) in [5, 5.41) is 18.9. The molecular weight excluding hydrogens is 316 g/mol. The van der Waals surface area contributed by atoms with E-state index in [1.165, 1.54) is 11.3 Å². The van der Waals surface area contributed by atoms with E-state index in [2.05, 4.69) is 10.6 Å². The molecule has 0 aromatic carbocycles. The molecule has 0 aliphatic carbocycles. The van der Waals surface area contributed by atoms with Crippen LogP contribution in [0.1, 0.15) is 35.2 Å². The van der Waals surface area contributed by atoms with E-state index in [-0.39, 0.29) is 6.54 Å². The predicted octanol–water partition coefficient (Wildman–Crippen LogP) is 1.81. The fraction of sp³-hybridized carbons (Fsp3) is 0.375. The molecule has 2 rings (SSSR count). The minimum Gasteiger partial charge on any atom is -0.466 e. The Morgan fingerprint density at radius 3 is 2.65 bits per heavy atom. The molecule has 0 spiro atoms. The predicted molar refractivity (Wildman–Crippen MR) is 86.9 cm³/mol. The molecule has 0 radical (unpaired) electrons. The van der Waals surface area contributed by atoms with E-state index in [4.69, 9.17) is 4.42 Å². The molecule has 3 N–H and O–H groups in total. The molecule has 23 heavy (non-hydrogen) atoms. The van der Waals surface area contributed by atoms with E-state index in [0.717, 1.165) is 11.3 Å². The van der Waals surface area contributed by atoms with E-state index in [1.54, 1.807) is 13.0 Å². The van der Waals surface area contributed by atoms with Gasteiger partial charge in [-0.2, -0.15) is 11.3 Å². The first-order valence-electron chi connectivity index (χ1n) is 7.29. The van der Waals surface area contributed by atoms with Crippen molar-refractivity contribution in [2.45, 2.75) is 32.9 Å². The van der Waals surface area contributed by atoms with Crippen LogP contribution in [-0.2, 0) is 16.1 Å². The fourth-order valence-electron chi connectivity index (χ4n) is 2.20. The van der Waals surface area contributed by atoms with Gasteiger partial charge in [-0.05, 0) is 48.7 Å². The maximum atomic E-state index is 11.7. The van der Waals surface area contributed by atoms with Gasteiger partial charge in [0.25, 0.3) is 0 Å². The van der Waals surface area contributed by atoms with E-state index in [0.29, 0.717) is 24.3 Å². The molecule has 0 bridgehead atoms. The summed E-state index contributed by atoms with van der Waals surface area (Å²) in [5.74, 6) is 0.0109. The van der Waals surface area contributed by atoms with E-state index in [1.807, 2.05) is 23.8 Å². The Morgan fingerprint density at radius 2 is 2.04 bits per heavy atom. The number of nitrogens with one attached hydrogen (secondary N) is 2. The van der Waals surface area contributed by atoms with Crippen molar-refractivity contribution in [2.75, 3.05) is 6.54 Å². The van der Waals surface area contributed by atoms with Crippen molar-refractivity contribution in [2.24, 2.45) is 0 Å². The second-order valence-electron chi connectivity index (χ2n) is 5.24. The van der Waals surface area contributed by atoms with Crippen LogP contribution in [0.15, 0.2) is 27.3 Å². The zero-order valence-electron chi connectivity index (χ0n) is 13.1. The van der Waals surface area contributed by atoms with Gasteiger partial charge in [0.1, 0.15) is 11.5 Å². The number of hydrogen-bond donors (Lipinski definition) is 3. The highest BCUT2D eigenvalue weighted by atomic mass is 32.1. The third-order valence-electron chi connectivity index (χ3n) is 3.38. The van der Waals surface area contributed by atoms with Crippen molar-refractivity contribution in [3.63, 3.8) is 0 Å². The third-order valence-corrected chi connectivity index (χ3v) is 4.11. The van der Waals surface area contributed by atoms with Crippen molar-refractivity contribution in [1.29, 1.82) is 0 Å². The molecule has 0 saturated heterocycles. The molecule has 2 aromatic rings. The highest BCUT2D eigenvalue weighted by molar-refractivity contribution is 7.07. The zero-order chi connectivity index (χ0) is 16.8. The Hall–Kier alpha value is -2.12. The lowest BCUT2D eigenvalue weighted by Crippen LogP contribution is -2.40. The highest BCUT2D eigenvalue weighted by Gasteiger charge is 2.16. The third kappa shape index (κ3) is 4.94. The number of furan rings is 1. The van der Waals surface area contributed by atoms with Crippen LogP contribution in [-0.4, -0.2) is 23.5 Å². The number of rotatable bonds is 6. The van der Waals surface area contributed by atoms with Crippen LogP contribution in [0, 0.1) is 13.8 Å². The van der Waals surface area contributed by atoms with Crippen LogP contribution in [0.4, 0.5) is 0 Å². The summed E-state index contributed by atoms with van der Waals surface area (Å²) < 4.78 is 5.36. The number of aliphatic hydroxyl groups excluding tert-OH is 1. The summed E-state index contributed by atoms with van der Waals surface area (Å²) in [5.41, 5.74) is 1.66. The molecule has 0 fully saturated rings. The van der Waals surface area contributed by atoms with E-state index in [9.17, 15) is 14.7 Å². The van der Waals surface area contributed by atoms with Gasteiger partial charge in [0, 0.05) is 18.7 Å². The van der Waals surface area contributed by atoms with Gasteiger partial charge in [0.2, 0.25) is 0 Å². The Bertz CT molecular complexity index is 664. The lowest BCUT2D eigenvalue weighted by atomic mass is 10.1. The van der Waals surface area contributed by atoms with Gasteiger partial charge in [-0.1, -0.05) is 0 Å². The van der Waals surface area contributed by atoms with E-state index < -0.39 is 17.9 Å². The lowest BCUT2D eigenvalue weighted by molar-refractivity contribution is -0.139. The SMILES string of the molecule is Cc1cc(C(O)CCNC(=O)C(=O)NCc2ccsc2)c(C)o1. The molecule has 2 amide bonds. The summed E-state index contributed by atoms with van der Waals surface area (Å²) in [6.45, 7) is 4.12. The first-order valence-corrected chi connectivity index (χ1v) is 8.23. The molecule has 2 heterocycles. The molecule has 124 valence electrons. The average Bonchev–Trinajstić information content (AvgIpc) is 3.13. The molecule has 0 saturated carbocycles. The number of amides is 2. The van der Waals surface area contributed by atoms with Gasteiger partial charge in [-0.25, -0.2) is 0 Å². The molecule has 2 aromatic heterocycles. The summed E-state index contributed by atoms with van der Waals surface area (Å²) in [6, 6.07) is 3.66. The molecule has 1 unspecified atom stereocenters. The van der Waals surface area contributed by atoms with Crippen LogP contribution in [0.5, 0.6) is 0 Å². The Labute approximate surface area is 138 Å². The summed E-state index contributed by atoms with van der Waals surface area (Å²) in [6.07, 6.45) is -0.426. The topological polar surface area (TPSA) is 91.6 Å². The summed E-state index contributed by atoms with van der Waals surface area (Å²) >= 11 is 1.53. The van der Waals surface area contributed by atoms with Crippen molar-refractivity contribution in [3.8, 4) is 0 Å². The Balaban J connectivity index is 1.71. The van der Waals surface area contributed by atoms with Crippen LogP contribution >= 0.6 is 11.3 Å². The lowest BCUT2D eigenvalue weighted by Gasteiger charge is -2.10. The minimum atomic E-state index is -0.735. The summed E-state index contributed by atoms with van der Waals surface area (Å²) in [4.78, 5) is 23.3. The Kier molecular flexibility index (Phi) is 5.95. The minimum absolute atomic E-state index is 0.204. The molecule has 1 atom stereocenters. The standard InChI is InChI=1S/C16H20N2O4S/c1-10-7-13(11(2)22-10)14(19)3-5-17-15(20)16(21)18-8-12-4-6-23-9-12/h4,6-7,9,14,19H,3,5,8H2,1-2H3,(H,17,20)(H,18,21). The van der Waals surface area contributed by atoms with Gasteiger partial charge >= 0.3 is 11.8 Å². The second-order valence-corrected chi connectivity index (χ2v) is 6.02. The maximum Gasteiger partial charge on any atom is 0.309 e. The smallest absolute Gasteiger partial charge is 0.309 e. The quantitative estimate of drug-likeness (QED) is 0.702. The monoisotopic (exact) mass is 336 g/mol. The van der Waals surface area contributed by atoms with Gasteiger partial charge in [-0.15, -0.1) is 0 Å². The van der Waals surface area contributed by atoms with Gasteiger partial charge in [0.15, 0.2) is 0 Å². The van der Waals surface area contributed by atoms with Gasteiger partial charge < -0.3 is 20.2 Å². The van der Waals surface area contributed by atoms with Crippen LogP contribution < -0.4 is 10.6 Å². The number of hydrogen-bond acceptors (Lipinski definition) is 5. The number of carbonyl (C=O) groups is 2. The maximum absolute atomic E-state index is 11.7. The van der Waals surface area contributed by atoms with Crippen LogP contribution in [0.2, 0.25) is 0 Å². The largest absolute Gasteiger partial charge is 0.466 e. The zero-order valence-corrected chi connectivity index (χ0v) is 13.9. The molecule has 7 heteroatoms. The number of carbonyl (C=O) groups excluding carboxylic acids is 2. The number of aliphatic hydroxyl groups is 1. The van der Waals surface area contributed by atoms with E-state index >= 15 is 0 Å². The first kappa shape index (κ1) is 17.2. The second kappa shape index (κ2) is 7.94. The summed E-state index contributed by atoms with van der Waals surface area (Å²) in [7, 11) is 0. The van der Waals surface area contributed by atoms with Crippen molar-refractivity contribution in [3.05, 3.63) is 45.5 Å². The normalized spacial score (nSPS) is 12.0. The van der Waals surface area contributed by atoms with Gasteiger partial charge in [0.05, 0.1) is 6.10 Å². The molecule has 0 aliphatic rings. The van der Waals surface area contributed by atoms with Crippen LogP contribution in [0.3, 0.4) is 0 Å². The highest BCUT2D eigenvalue weighted by Crippen LogP contribution is 2.23. The van der Waals surface area contributed by atoms with Crippen LogP contribution in [0.25, 0.3) is 0 Å². The average molecular weight is 336 g/mol. The Morgan fingerprint density at radius 1 is 1.30 bits per heavy atom. The van der Waals surface area contributed by atoms with Crippen molar-refractivity contribution in [1.82, 2.24) is 10.6 Å². The number of thiophene rings is 1. The first-order chi connectivity index (χ1) is 11.0. The molecule has 6 nitrogen and oxygen atoms in total. The van der Waals surface area contributed by atoms with Crippen molar-refractivity contribution < 1.29 is 19.1 Å². The van der Waals surface area contributed by atoms with Crippen molar-refractivity contribution >= 4 is 23.2 Å². The fourth-order valence-corrected chi connectivity index (χ4v) is 2.86. The molecular formula is C16H20N2O4S. The number of aryl methyl sites for hydroxylation is 2.